The summed E-state index contributed by atoms with van der Waals surface area (Å²) < 4.78 is 11.3. The third-order valence-corrected chi connectivity index (χ3v) is 4.71. The Kier molecular flexibility index (Phi) is 9.12. The second-order valence-electron chi connectivity index (χ2n) is 8.63. The SMILES string of the molecule is CC(C)COc1ncnc2[nH]cc(/C=C/C#N)c12.CC(C)COc1ncnc2[nH]cc(/C=C\C#N)c12. The van der Waals surface area contributed by atoms with E-state index in [4.69, 9.17) is 20.0 Å². The molecular formula is C26H28N8O2. The summed E-state index contributed by atoms with van der Waals surface area (Å²) in [5.74, 6) is 1.94. The van der Waals surface area contributed by atoms with Crippen molar-refractivity contribution in [3.05, 3.63) is 48.3 Å². The highest BCUT2D eigenvalue weighted by Gasteiger charge is 2.12. The second kappa shape index (κ2) is 12.7. The lowest BCUT2D eigenvalue weighted by atomic mass is 10.2. The molecule has 0 radical (unpaired) electrons. The number of allylic oxidation sites excluding steroid dienone is 2. The van der Waals surface area contributed by atoms with Gasteiger partial charge < -0.3 is 19.4 Å². The van der Waals surface area contributed by atoms with Gasteiger partial charge in [0.2, 0.25) is 11.8 Å². The Morgan fingerprint density at radius 3 is 1.53 bits per heavy atom. The summed E-state index contributed by atoms with van der Waals surface area (Å²) in [6, 6.07) is 3.93. The molecule has 0 aliphatic heterocycles. The molecule has 0 aliphatic carbocycles. The molecule has 4 rings (SSSR count). The van der Waals surface area contributed by atoms with Gasteiger partial charge in [-0.3, -0.25) is 0 Å². The van der Waals surface area contributed by atoms with Gasteiger partial charge in [0.1, 0.15) is 23.9 Å². The Labute approximate surface area is 209 Å². The summed E-state index contributed by atoms with van der Waals surface area (Å²) in [5, 5.41) is 18.8. The lowest BCUT2D eigenvalue weighted by Crippen LogP contribution is -2.06. The molecule has 4 aromatic rings. The summed E-state index contributed by atoms with van der Waals surface area (Å²) in [6.07, 6.45) is 12.8. The van der Waals surface area contributed by atoms with E-state index < -0.39 is 0 Å². The van der Waals surface area contributed by atoms with Crippen LogP contribution in [-0.2, 0) is 0 Å². The number of rotatable bonds is 8. The molecule has 2 N–H and O–H groups in total. The fourth-order valence-electron chi connectivity index (χ4n) is 3.14. The Hall–Kier alpha value is -4.70. The summed E-state index contributed by atoms with van der Waals surface area (Å²) >= 11 is 0. The van der Waals surface area contributed by atoms with Crippen molar-refractivity contribution in [3.63, 3.8) is 0 Å². The smallest absolute Gasteiger partial charge is 0.226 e. The Morgan fingerprint density at radius 1 is 0.750 bits per heavy atom. The molecule has 0 aliphatic rings. The van der Waals surface area contributed by atoms with Crippen molar-refractivity contribution in [2.45, 2.75) is 27.7 Å². The van der Waals surface area contributed by atoms with E-state index >= 15 is 0 Å². The van der Waals surface area contributed by atoms with E-state index in [2.05, 4.69) is 57.6 Å². The van der Waals surface area contributed by atoms with E-state index in [9.17, 15) is 0 Å². The average molecular weight is 485 g/mol. The normalized spacial score (nSPS) is 11.2. The average Bonchev–Trinajstić information content (AvgIpc) is 3.48. The van der Waals surface area contributed by atoms with Crippen molar-refractivity contribution in [3.8, 4) is 23.9 Å². The van der Waals surface area contributed by atoms with E-state index in [1.54, 1.807) is 24.5 Å². The third kappa shape index (κ3) is 6.67. The van der Waals surface area contributed by atoms with Crippen molar-refractivity contribution in [1.82, 2.24) is 29.9 Å². The van der Waals surface area contributed by atoms with Crippen molar-refractivity contribution in [2.75, 3.05) is 13.2 Å². The first kappa shape index (κ1) is 25.9. The molecule has 36 heavy (non-hydrogen) atoms. The van der Waals surface area contributed by atoms with Gasteiger partial charge in [-0.25, -0.2) is 19.9 Å². The van der Waals surface area contributed by atoms with Crippen LogP contribution in [0.3, 0.4) is 0 Å². The fourth-order valence-corrected chi connectivity index (χ4v) is 3.14. The molecule has 0 atom stereocenters. The molecule has 0 fully saturated rings. The number of aromatic nitrogens is 6. The molecule has 0 aromatic carbocycles. The van der Waals surface area contributed by atoms with Crippen LogP contribution in [0.5, 0.6) is 11.8 Å². The number of hydrogen-bond donors (Lipinski definition) is 2. The summed E-state index contributed by atoms with van der Waals surface area (Å²) in [7, 11) is 0. The molecule has 0 saturated heterocycles. The zero-order chi connectivity index (χ0) is 25.9. The molecular weight excluding hydrogens is 456 g/mol. The van der Waals surface area contributed by atoms with Crippen LogP contribution in [0.4, 0.5) is 0 Å². The van der Waals surface area contributed by atoms with Crippen LogP contribution in [0.1, 0.15) is 38.8 Å². The minimum absolute atomic E-state index is 0.423. The van der Waals surface area contributed by atoms with Gasteiger partial charge in [0.15, 0.2) is 0 Å². The lowest BCUT2D eigenvalue weighted by Gasteiger charge is -2.08. The predicted molar refractivity (Wildman–Crippen MR) is 138 cm³/mol. The minimum Gasteiger partial charge on any atom is -0.477 e. The van der Waals surface area contributed by atoms with E-state index in [0.29, 0.717) is 48.1 Å². The van der Waals surface area contributed by atoms with Crippen molar-refractivity contribution < 1.29 is 9.47 Å². The first-order valence-corrected chi connectivity index (χ1v) is 11.5. The minimum atomic E-state index is 0.423. The van der Waals surface area contributed by atoms with Gasteiger partial charge in [-0.05, 0) is 24.0 Å². The summed E-state index contributed by atoms with van der Waals surface area (Å²) in [4.78, 5) is 22.6. The maximum Gasteiger partial charge on any atom is 0.226 e. The zero-order valence-electron chi connectivity index (χ0n) is 20.7. The highest BCUT2D eigenvalue weighted by Crippen LogP contribution is 2.27. The van der Waals surface area contributed by atoms with Crippen molar-refractivity contribution >= 4 is 34.2 Å². The highest BCUT2D eigenvalue weighted by molar-refractivity contribution is 5.91. The number of hydrogen-bond acceptors (Lipinski definition) is 8. The van der Waals surface area contributed by atoms with Gasteiger partial charge in [0.05, 0.1) is 36.1 Å². The second-order valence-corrected chi connectivity index (χ2v) is 8.63. The first-order chi connectivity index (χ1) is 17.4. The molecule has 10 heteroatoms. The molecule has 0 saturated carbocycles. The van der Waals surface area contributed by atoms with Gasteiger partial charge in [0, 0.05) is 35.7 Å². The predicted octanol–water partition coefficient (Wildman–Crippen LogP) is 5.06. The van der Waals surface area contributed by atoms with Gasteiger partial charge in [-0.15, -0.1) is 0 Å². The van der Waals surface area contributed by atoms with E-state index in [1.165, 1.54) is 24.8 Å². The standard InChI is InChI=1S/2C13H14N4O/c2*1-9(2)7-18-13-11-10(4-3-5-14)6-15-12(11)16-8-17-13/h2*3-4,6,8-9H,7H2,1-2H3,(H,15,16,17)/b4-3+;4-3-. The Bertz CT molecular complexity index is 1320. The molecule has 0 bridgehead atoms. The maximum absolute atomic E-state index is 8.57. The molecule has 184 valence electrons. The monoisotopic (exact) mass is 484 g/mol. The molecule has 4 aromatic heterocycles. The number of nitriles is 2. The molecule has 10 nitrogen and oxygen atoms in total. The number of fused-ring (bicyclic) bond motifs is 2. The zero-order valence-corrected chi connectivity index (χ0v) is 20.7. The number of nitrogens with zero attached hydrogens (tertiary/aromatic N) is 6. The van der Waals surface area contributed by atoms with Crippen LogP contribution in [0.2, 0.25) is 0 Å². The number of ether oxygens (including phenoxy) is 2. The van der Waals surface area contributed by atoms with Gasteiger partial charge in [-0.2, -0.15) is 10.5 Å². The van der Waals surface area contributed by atoms with Gasteiger partial charge in [0.25, 0.3) is 0 Å². The molecule has 4 heterocycles. The molecule has 0 amide bonds. The third-order valence-electron chi connectivity index (χ3n) is 4.71. The number of aromatic amines is 2. The van der Waals surface area contributed by atoms with Crippen LogP contribution in [0, 0.1) is 34.5 Å². The van der Waals surface area contributed by atoms with E-state index in [-0.39, 0.29) is 0 Å². The van der Waals surface area contributed by atoms with Crippen LogP contribution >= 0.6 is 0 Å². The van der Waals surface area contributed by atoms with Crippen molar-refractivity contribution in [1.29, 1.82) is 10.5 Å². The molecule has 0 spiro atoms. The first-order valence-electron chi connectivity index (χ1n) is 11.5. The topological polar surface area (TPSA) is 149 Å². The molecule has 0 unspecified atom stereocenters. The van der Waals surface area contributed by atoms with Crippen LogP contribution in [0.15, 0.2) is 37.2 Å². The Morgan fingerprint density at radius 2 is 1.17 bits per heavy atom. The van der Waals surface area contributed by atoms with Gasteiger partial charge in [-0.1, -0.05) is 27.7 Å². The highest BCUT2D eigenvalue weighted by atomic mass is 16.5. The number of H-pyrrole nitrogens is 2. The summed E-state index contributed by atoms with van der Waals surface area (Å²) in [5.41, 5.74) is 3.12. The van der Waals surface area contributed by atoms with E-state index in [0.717, 1.165) is 21.9 Å². The van der Waals surface area contributed by atoms with Crippen molar-refractivity contribution in [2.24, 2.45) is 11.8 Å². The van der Waals surface area contributed by atoms with Crippen LogP contribution in [0.25, 0.3) is 34.2 Å². The van der Waals surface area contributed by atoms with E-state index in [1.807, 2.05) is 12.1 Å². The quantitative estimate of drug-likeness (QED) is 0.330. The van der Waals surface area contributed by atoms with Gasteiger partial charge >= 0.3 is 0 Å². The maximum atomic E-state index is 8.57. The van der Waals surface area contributed by atoms with Crippen LogP contribution < -0.4 is 9.47 Å². The van der Waals surface area contributed by atoms with Crippen LogP contribution in [-0.4, -0.2) is 43.1 Å². The fraction of sp³-hybridized carbons (Fsp3) is 0.308. The number of nitrogens with one attached hydrogen (secondary N) is 2. The lowest BCUT2D eigenvalue weighted by molar-refractivity contribution is 0.264. The largest absolute Gasteiger partial charge is 0.477 e. The Balaban J connectivity index is 0.000000201. The summed E-state index contributed by atoms with van der Waals surface area (Å²) in [6.45, 7) is 9.49.